The average Bonchev–Trinajstić information content (AvgIpc) is 3.27. The predicted octanol–water partition coefficient (Wildman–Crippen LogP) is 1.06. The van der Waals surface area contributed by atoms with E-state index in [4.69, 9.17) is 0 Å². The summed E-state index contributed by atoms with van der Waals surface area (Å²) in [7, 11) is 3.48. The number of rotatable bonds is 6. The standard InChI is InChI=1S/C17H20N4O3S/c1-19(8-12-3-4-25-11-12)16(23)10-21-15(22)6-14(17(21)24)5-13-7-18-20(2)9-13/h3-4,7,9,11,14H,5-6,8,10H2,1-2H3/t14-/m1/s1. The molecule has 2 aromatic heterocycles. The summed E-state index contributed by atoms with van der Waals surface area (Å²) in [5.41, 5.74) is 1.95. The Hall–Kier alpha value is -2.48. The van der Waals surface area contributed by atoms with Crippen molar-refractivity contribution in [1.29, 1.82) is 0 Å². The number of aromatic nitrogens is 2. The first kappa shape index (κ1) is 17.3. The Morgan fingerprint density at radius 2 is 2.20 bits per heavy atom. The van der Waals surface area contributed by atoms with Crippen molar-refractivity contribution in [2.75, 3.05) is 13.6 Å². The molecule has 3 amide bonds. The van der Waals surface area contributed by atoms with Gasteiger partial charge in [0.05, 0.1) is 12.1 Å². The smallest absolute Gasteiger partial charge is 0.242 e. The summed E-state index contributed by atoms with van der Waals surface area (Å²) >= 11 is 1.57. The SMILES string of the molecule is CN(Cc1ccsc1)C(=O)CN1C(=O)C[C@@H](Cc2cnn(C)c2)C1=O. The zero-order chi connectivity index (χ0) is 18.0. The van der Waals surface area contributed by atoms with Gasteiger partial charge in [0.15, 0.2) is 0 Å². The van der Waals surface area contributed by atoms with Gasteiger partial charge >= 0.3 is 0 Å². The highest BCUT2D eigenvalue weighted by molar-refractivity contribution is 7.07. The van der Waals surface area contributed by atoms with Gasteiger partial charge in [0.1, 0.15) is 6.54 Å². The Bertz CT molecular complexity index is 784. The number of nitrogens with zero attached hydrogens (tertiary/aromatic N) is 4. The number of likely N-dealkylation sites (tertiary alicyclic amines) is 1. The Morgan fingerprint density at radius 1 is 1.40 bits per heavy atom. The molecule has 0 spiro atoms. The lowest BCUT2D eigenvalue weighted by atomic mass is 10.0. The molecule has 1 atom stereocenters. The van der Waals surface area contributed by atoms with Crippen LogP contribution in [-0.4, -0.2) is 50.9 Å². The van der Waals surface area contributed by atoms with Crippen LogP contribution >= 0.6 is 11.3 Å². The molecule has 1 aliphatic rings. The number of likely N-dealkylation sites (N-methyl/N-ethyl adjacent to an activating group) is 1. The van der Waals surface area contributed by atoms with Crippen molar-refractivity contribution in [1.82, 2.24) is 19.6 Å². The first-order chi connectivity index (χ1) is 11.9. The molecule has 0 aliphatic carbocycles. The second-order valence-electron chi connectivity index (χ2n) is 6.33. The molecule has 0 unspecified atom stereocenters. The van der Waals surface area contributed by atoms with Crippen LogP contribution < -0.4 is 0 Å². The number of aryl methyl sites for hydroxylation is 1. The molecule has 0 bridgehead atoms. The molecule has 0 N–H and O–H groups in total. The summed E-state index contributed by atoms with van der Waals surface area (Å²) in [5, 5.41) is 8.00. The highest BCUT2D eigenvalue weighted by atomic mass is 32.1. The van der Waals surface area contributed by atoms with Crippen LogP contribution in [0.4, 0.5) is 0 Å². The summed E-state index contributed by atoms with van der Waals surface area (Å²) in [6, 6.07) is 1.95. The minimum absolute atomic E-state index is 0.148. The molecule has 2 aromatic rings. The van der Waals surface area contributed by atoms with Gasteiger partial charge in [-0.3, -0.25) is 24.0 Å². The number of imide groups is 1. The van der Waals surface area contributed by atoms with Gasteiger partial charge in [0.25, 0.3) is 0 Å². The van der Waals surface area contributed by atoms with Gasteiger partial charge in [-0.25, -0.2) is 0 Å². The fourth-order valence-corrected chi connectivity index (χ4v) is 3.60. The normalized spacial score (nSPS) is 17.4. The predicted molar refractivity (Wildman–Crippen MR) is 92.5 cm³/mol. The average molecular weight is 360 g/mol. The molecule has 1 fully saturated rings. The highest BCUT2D eigenvalue weighted by Gasteiger charge is 2.39. The molecule has 0 radical (unpaired) electrons. The number of hydrogen-bond acceptors (Lipinski definition) is 5. The largest absolute Gasteiger partial charge is 0.340 e. The molecule has 0 aromatic carbocycles. The van der Waals surface area contributed by atoms with E-state index in [1.807, 2.05) is 23.0 Å². The van der Waals surface area contributed by atoms with E-state index in [0.717, 1.165) is 16.0 Å². The molecular weight excluding hydrogens is 340 g/mol. The lowest BCUT2D eigenvalue weighted by Crippen LogP contribution is -2.41. The zero-order valence-electron chi connectivity index (χ0n) is 14.2. The molecule has 132 valence electrons. The Kier molecular flexibility index (Phi) is 4.98. The summed E-state index contributed by atoms with van der Waals surface area (Å²) in [4.78, 5) is 39.7. The number of carbonyl (C=O) groups is 3. The van der Waals surface area contributed by atoms with Gasteiger partial charge in [0, 0.05) is 33.3 Å². The maximum absolute atomic E-state index is 12.5. The minimum atomic E-state index is -0.410. The minimum Gasteiger partial charge on any atom is -0.340 e. The van der Waals surface area contributed by atoms with E-state index in [0.29, 0.717) is 13.0 Å². The number of thiophene rings is 1. The van der Waals surface area contributed by atoms with E-state index >= 15 is 0 Å². The lowest BCUT2D eigenvalue weighted by Gasteiger charge is -2.20. The van der Waals surface area contributed by atoms with Crippen LogP contribution in [-0.2, 0) is 34.4 Å². The Balaban J connectivity index is 1.59. The summed E-state index contributed by atoms with van der Waals surface area (Å²) in [5.74, 6) is -1.20. The topological polar surface area (TPSA) is 75.5 Å². The highest BCUT2D eigenvalue weighted by Crippen LogP contribution is 2.23. The zero-order valence-corrected chi connectivity index (χ0v) is 15.0. The van der Waals surface area contributed by atoms with E-state index in [1.54, 1.807) is 36.3 Å². The molecule has 25 heavy (non-hydrogen) atoms. The first-order valence-corrected chi connectivity index (χ1v) is 8.95. The number of amides is 3. The summed E-state index contributed by atoms with van der Waals surface area (Å²) < 4.78 is 1.66. The van der Waals surface area contributed by atoms with Crippen molar-refractivity contribution in [2.45, 2.75) is 19.4 Å². The van der Waals surface area contributed by atoms with Crippen LogP contribution in [0, 0.1) is 5.92 Å². The molecule has 3 heterocycles. The second kappa shape index (κ2) is 7.18. The van der Waals surface area contributed by atoms with Crippen LogP contribution in [0.1, 0.15) is 17.5 Å². The second-order valence-corrected chi connectivity index (χ2v) is 7.11. The maximum Gasteiger partial charge on any atom is 0.242 e. The van der Waals surface area contributed by atoms with E-state index in [9.17, 15) is 14.4 Å². The van der Waals surface area contributed by atoms with Crippen molar-refractivity contribution < 1.29 is 14.4 Å². The van der Waals surface area contributed by atoms with Crippen molar-refractivity contribution in [3.8, 4) is 0 Å². The van der Waals surface area contributed by atoms with Crippen molar-refractivity contribution in [3.05, 3.63) is 40.3 Å². The van der Waals surface area contributed by atoms with Gasteiger partial charge < -0.3 is 4.90 Å². The van der Waals surface area contributed by atoms with Gasteiger partial charge in [0.2, 0.25) is 17.7 Å². The molecule has 1 aliphatic heterocycles. The fourth-order valence-electron chi connectivity index (χ4n) is 2.94. The maximum atomic E-state index is 12.5. The van der Waals surface area contributed by atoms with E-state index in [-0.39, 0.29) is 30.7 Å². The van der Waals surface area contributed by atoms with E-state index in [1.165, 1.54) is 4.90 Å². The Morgan fingerprint density at radius 3 is 2.84 bits per heavy atom. The van der Waals surface area contributed by atoms with Crippen LogP contribution in [0.2, 0.25) is 0 Å². The van der Waals surface area contributed by atoms with Gasteiger partial charge in [-0.1, -0.05) is 0 Å². The monoisotopic (exact) mass is 360 g/mol. The van der Waals surface area contributed by atoms with Gasteiger partial charge in [-0.2, -0.15) is 16.4 Å². The molecule has 3 rings (SSSR count). The van der Waals surface area contributed by atoms with Crippen molar-refractivity contribution in [2.24, 2.45) is 13.0 Å². The van der Waals surface area contributed by atoms with Gasteiger partial charge in [-0.15, -0.1) is 0 Å². The molecule has 0 saturated carbocycles. The first-order valence-electron chi connectivity index (χ1n) is 8.01. The third-order valence-corrected chi connectivity index (χ3v) is 5.03. The Labute approximate surface area is 149 Å². The van der Waals surface area contributed by atoms with Crippen LogP contribution in [0.5, 0.6) is 0 Å². The van der Waals surface area contributed by atoms with E-state index < -0.39 is 5.92 Å². The van der Waals surface area contributed by atoms with Crippen molar-refractivity contribution >= 4 is 29.1 Å². The molecule has 1 saturated heterocycles. The lowest BCUT2D eigenvalue weighted by molar-refractivity contribution is -0.145. The van der Waals surface area contributed by atoms with Gasteiger partial charge in [-0.05, 0) is 34.4 Å². The van der Waals surface area contributed by atoms with Crippen LogP contribution in [0.25, 0.3) is 0 Å². The molecular formula is C17H20N4O3S. The third kappa shape index (κ3) is 3.96. The molecule has 7 nitrogen and oxygen atoms in total. The van der Waals surface area contributed by atoms with E-state index in [2.05, 4.69) is 5.10 Å². The molecule has 8 heteroatoms. The van der Waals surface area contributed by atoms with Crippen LogP contribution in [0.15, 0.2) is 29.2 Å². The quantitative estimate of drug-likeness (QED) is 0.722. The summed E-state index contributed by atoms with van der Waals surface area (Å²) in [6.45, 7) is 0.277. The van der Waals surface area contributed by atoms with Crippen molar-refractivity contribution in [3.63, 3.8) is 0 Å². The number of carbonyl (C=O) groups excluding carboxylic acids is 3. The number of hydrogen-bond donors (Lipinski definition) is 0. The summed E-state index contributed by atoms with van der Waals surface area (Å²) in [6.07, 6.45) is 4.14. The van der Waals surface area contributed by atoms with Crippen LogP contribution in [0.3, 0.4) is 0 Å². The fraction of sp³-hybridized carbons (Fsp3) is 0.412. The third-order valence-electron chi connectivity index (χ3n) is 4.30.